The average Bonchev–Trinajstić information content (AvgIpc) is 2.39. The number of amides is 1. The molecule has 1 heterocycles. The molecule has 1 N–H and O–H groups in total. The second-order valence-corrected chi connectivity index (χ2v) is 3.57. The summed E-state index contributed by atoms with van der Waals surface area (Å²) >= 11 is 0. The molecule has 1 aromatic carbocycles. The van der Waals surface area contributed by atoms with Crippen molar-refractivity contribution < 1.29 is 9.18 Å². The summed E-state index contributed by atoms with van der Waals surface area (Å²) in [6.07, 6.45) is 1.28. The minimum absolute atomic E-state index is 0.0922. The number of halogens is 1. The van der Waals surface area contributed by atoms with E-state index in [1.807, 2.05) is 0 Å². The summed E-state index contributed by atoms with van der Waals surface area (Å²) in [5.74, 6) is -0.439. The summed E-state index contributed by atoms with van der Waals surface area (Å²) < 4.78 is 13.4. The van der Waals surface area contributed by atoms with Gasteiger partial charge in [-0.1, -0.05) is 0 Å². The van der Waals surface area contributed by atoms with Crippen molar-refractivity contribution in [2.24, 2.45) is 0 Å². The molecule has 6 nitrogen and oxygen atoms in total. The molecular weight excluding hydrogens is 237 g/mol. The fraction of sp³-hybridized carbons (Fsp3) is 0.182. The topological polar surface area (TPSA) is 80.7 Å². The molecule has 0 atom stereocenters. The van der Waals surface area contributed by atoms with Crippen LogP contribution in [0.1, 0.15) is 5.56 Å². The van der Waals surface area contributed by atoms with E-state index < -0.39 is 5.82 Å². The Morgan fingerprint density at radius 3 is 2.67 bits per heavy atom. The Morgan fingerprint density at radius 1 is 1.28 bits per heavy atom. The summed E-state index contributed by atoms with van der Waals surface area (Å²) in [6, 6.07) is 4.20. The van der Waals surface area contributed by atoms with Crippen LogP contribution in [0.2, 0.25) is 0 Å². The van der Waals surface area contributed by atoms with Crippen LogP contribution in [0, 0.1) is 5.82 Å². The maximum absolute atomic E-state index is 13.4. The first-order chi connectivity index (χ1) is 8.69. The third-order valence-corrected chi connectivity index (χ3v) is 2.27. The predicted octanol–water partition coefficient (Wildman–Crippen LogP) is 0.361. The van der Waals surface area contributed by atoms with Gasteiger partial charge in [0.15, 0.2) is 6.33 Å². The van der Waals surface area contributed by atoms with Gasteiger partial charge in [0.2, 0.25) is 11.7 Å². The summed E-state index contributed by atoms with van der Waals surface area (Å²) in [7, 11) is 1.52. The summed E-state index contributed by atoms with van der Waals surface area (Å²) in [5.41, 5.74) is 0.978. The first kappa shape index (κ1) is 12.0. The van der Waals surface area contributed by atoms with Crippen LogP contribution in [0.5, 0.6) is 0 Å². The molecule has 0 unspecified atom stereocenters. The summed E-state index contributed by atoms with van der Waals surface area (Å²) in [6.45, 7) is 0. The molecule has 1 aromatic heterocycles. The molecule has 0 bridgehead atoms. The molecule has 0 aliphatic heterocycles. The van der Waals surface area contributed by atoms with Crippen molar-refractivity contribution in [2.45, 2.75) is 6.42 Å². The Kier molecular flexibility index (Phi) is 3.52. The molecule has 0 fully saturated rings. The molecule has 2 aromatic rings. The zero-order valence-electron chi connectivity index (χ0n) is 9.59. The second kappa shape index (κ2) is 5.26. The second-order valence-electron chi connectivity index (χ2n) is 3.57. The Morgan fingerprint density at radius 2 is 2.00 bits per heavy atom. The first-order valence-corrected chi connectivity index (χ1v) is 5.20. The first-order valence-electron chi connectivity index (χ1n) is 5.20. The van der Waals surface area contributed by atoms with E-state index in [0.29, 0.717) is 11.1 Å². The minimum Gasteiger partial charge on any atom is -0.359 e. The van der Waals surface area contributed by atoms with Crippen LogP contribution in [-0.2, 0) is 11.2 Å². The van der Waals surface area contributed by atoms with E-state index in [1.54, 1.807) is 6.07 Å². The quantitative estimate of drug-likeness (QED) is 0.847. The highest BCUT2D eigenvalue weighted by molar-refractivity contribution is 5.78. The molecule has 0 saturated carbocycles. The lowest BCUT2D eigenvalue weighted by molar-refractivity contribution is -0.119. The number of nitrogens with zero attached hydrogens (tertiary/aromatic N) is 4. The van der Waals surface area contributed by atoms with E-state index in [4.69, 9.17) is 0 Å². The van der Waals surface area contributed by atoms with Gasteiger partial charge in [-0.3, -0.25) is 4.79 Å². The zero-order chi connectivity index (χ0) is 13.0. The van der Waals surface area contributed by atoms with E-state index in [0.717, 1.165) is 0 Å². The number of hydrogen-bond acceptors (Lipinski definition) is 5. The summed E-state index contributed by atoms with van der Waals surface area (Å²) in [4.78, 5) is 11.3. The Labute approximate surface area is 102 Å². The van der Waals surface area contributed by atoms with Crippen molar-refractivity contribution >= 4 is 5.91 Å². The minimum atomic E-state index is -0.459. The van der Waals surface area contributed by atoms with Gasteiger partial charge in [0.05, 0.1) is 6.42 Å². The molecule has 7 heteroatoms. The highest BCUT2D eigenvalue weighted by Gasteiger charge is 2.08. The largest absolute Gasteiger partial charge is 0.359 e. The maximum Gasteiger partial charge on any atom is 0.224 e. The molecule has 2 rings (SSSR count). The van der Waals surface area contributed by atoms with Gasteiger partial charge in [0.25, 0.3) is 0 Å². The lowest BCUT2D eigenvalue weighted by atomic mass is 10.1. The summed E-state index contributed by atoms with van der Waals surface area (Å²) in [5, 5.41) is 17.1. The molecule has 0 radical (unpaired) electrons. The van der Waals surface area contributed by atoms with E-state index in [9.17, 15) is 9.18 Å². The van der Waals surface area contributed by atoms with Crippen molar-refractivity contribution in [1.29, 1.82) is 0 Å². The number of carbonyl (C=O) groups is 1. The number of nitrogens with one attached hydrogen (secondary N) is 1. The van der Waals surface area contributed by atoms with E-state index in [1.165, 1.54) is 25.5 Å². The van der Waals surface area contributed by atoms with Crippen molar-refractivity contribution in [3.8, 4) is 11.4 Å². The number of likely N-dealkylation sites (N-methyl/N-ethyl adjacent to an activating group) is 1. The molecule has 92 valence electrons. The average molecular weight is 247 g/mol. The van der Waals surface area contributed by atoms with Gasteiger partial charge in [0.1, 0.15) is 5.82 Å². The highest BCUT2D eigenvalue weighted by Crippen LogP contribution is 2.17. The smallest absolute Gasteiger partial charge is 0.224 e. The molecule has 0 saturated heterocycles. The molecule has 0 spiro atoms. The monoisotopic (exact) mass is 247 g/mol. The van der Waals surface area contributed by atoms with Crippen LogP contribution >= 0.6 is 0 Å². The number of carbonyl (C=O) groups excluding carboxylic acids is 1. The van der Waals surface area contributed by atoms with Crippen LogP contribution in [0.3, 0.4) is 0 Å². The van der Waals surface area contributed by atoms with Crippen LogP contribution in [-0.4, -0.2) is 33.3 Å². The highest BCUT2D eigenvalue weighted by atomic mass is 19.1. The van der Waals surface area contributed by atoms with Crippen LogP contribution in [0.4, 0.5) is 4.39 Å². The third-order valence-electron chi connectivity index (χ3n) is 2.27. The van der Waals surface area contributed by atoms with Crippen LogP contribution in [0.15, 0.2) is 24.5 Å². The van der Waals surface area contributed by atoms with E-state index in [-0.39, 0.29) is 18.2 Å². The normalized spacial score (nSPS) is 10.1. The lowest BCUT2D eigenvalue weighted by Gasteiger charge is -2.04. The fourth-order valence-corrected chi connectivity index (χ4v) is 1.47. The van der Waals surface area contributed by atoms with Crippen LogP contribution < -0.4 is 5.32 Å². The van der Waals surface area contributed by atoms with Gasteiger partial charge >= 0.3 is 0 Å². The van der Waals surface area contributed by atoms with Gasteiger partial charge in [-0.15, -0.1) is 20.4 Å². The Balaban J connectivity index is 2.35. The third kappa shape index (κ3) is 2.82. The van der Waals surface area contributed by atoms with Gasteiger partial charge in [-0.2, -0.15) is 0 Å². The van der Waals surface area contributed by atoms with Crippen molar-refractivity contribution in [3.63, 3.8) is 0 Å². The van der Waals surface area contributed by atoms with Gasteiger partial charge < -0.3 is 5.32 Å². The SMILES string of the molecule is CNC(=O)Cc1cc(F)cc(-c2nncnn2)c1. The molecule has 18 heavy (non-hydrogen) atoms. The molecule has 1 amide bonds. The van der Waals surface area contributed by atoms with Crippen molar-refractivity contribution in [2.75, 3.05) is 7.05 Å². The Bertz CT molecular complexity index is 561. The van der Waals surface area contributed by atoms with Crippen molar-refractivity contribution in [3.05, 3.63) is 35.9 Å². The number of aromatic nitrogens is 4. The lowest BCUT2D eigenvalue weighted by Crippen LogP contribution is -2.20. The number of rotatable bonds is 3. The van der Waals surface area contributed by atoms with Gasteiger partial charge in [-0.05, 0) is 23.8 Å². The van der Waals surface area contributed by atoms with Crippen molar-refractivity contribution in [1.82, 2.24) is 25.7 Å². The maximum atomic E-state index is 13.4. The predicted molar refractivity (Wildman–Crippen MR) is 60.8 cm³/mol. The number of benzene rings is 1. The van der Waals surface area contributed by atoms with E-state index in [2.05, 4.69) is 25.7 Å². The Hall–Kier alpha value is -2.44. The van der Waals surface area contributed by atoms with Gasteiger partial charge in [0, 0.05) is 12.6 Å². The molecular formula is C11H10FN5O. The molecule has 0 aliphatic rings. The molecule has 0 aliphatic carbocycles. The van der Waals surface area contributed by atoms with Gasteiger partial charge in [-0.25, -0.2) is 4.39 Å². The number of hydrogen-bond donors (Lipinski definition) is 1. The van der Waals surface area contributed by atoms with Crippen LogP contribution in [0.25, 0.3) is 11.4 Å². The zero-order valence-corrected chi connectivity index (χ0v) is 9.59. The fourth-order valence-electron chi connectivity index (χ4n) is 1.47. The standard InChI is InChI=1S/C11H10FN5O/c1-13-10(18)4-7-2-8(5-9(12)3-7)11-16-14-6-15-17-11/h2-3,5-6H,4H2,1H3,(H,13,18). The van der Waals surface area contributed by atoms with E-state index >= 15 is 0 Å².